The van der Waals surface area contributed by atoms with Gasteiger partial charge in [-0.1, -0.05) is 12.8 Å². The average molecular weight is 316 g/mol. The fourth-order valence-electron chi connectivity index (χ4n) is 3.56. The number of piperidine rings is 1. The lowest BCUT2D eigenvalue weighted by molar-refractivity contribution is -0.132. The Balaban J connectivity index is 2.00. The molecule has 6 heteroatoms. The molecule has 0 radical (unpaired) electrons. The maximum atomic E-state index is 12.5. The number of nitrogens with zero attached hydrogens (tertiary/aromatic N) is 2. The van der Waals surface area contributed by atoms with Crippen LogP contribution in [0.25, 0.3) is 0 Å². The first-order valence-electron chi connectivity index (χ1n) is 8.06. The molecule has 2 rings (SSSR count). The number of sulfone groups is 1. The third kappa shape index (κ3) is 4.42. The van der Waals surface area contributed by atoms with E-state index in [1.807, 2.05) is 19.0 Å². The Bertz CT molecular complexity index is 456. The van der Waals surface area contributed by atoms with E-state index in [9.17, 15) is 13.2 Å². The molecule has 5 nitrogen and oxygen atoms in total. The Morgan fingerprint density at radius 3 is 2.33 bits per heavy atom. The van der Waals surface area contributed by atoms with Gasteiger partial charge >= 0.3 is 0 Å². The smallest absolute Gasteiger partial charge is 0.238 e. The van der Waals surface area contributed by atoms with Crippen LogP contribution in [0.3, 0.4) is 0 Å². The first kappa shape index (κ1) is 16.7. The van der Waals surface area contributed by atoms with Crippen molar-refractivity contribution in [2.45, 2.75) is 56.2 Å². The van der Waals surface area contributed by atoms with Crippen molar-refractivity contribution < 1.29 is 13.2 Å². The molecule has 0 aromatic carbocycles. The Kier molecular flexibility index (Phi) is 5.66. The molecule has 0 aromatic heterocycles. The number of rotatable bonds is 5. The van der Waals surface area contributed by atoms with Crippen LogP contribution < -0.4 is 0 Å². The van der Waals surface area contributed by atoms with Crippen LogP contribution in [0, 0.1) is 0 Å². The first-order chi connectivity index (χ1) is 9.90. The molecule has 0 aromatic rings. The molecule has 2 fully saturated rings. The van der Waals surface area contributed by atoms with E-state index in [2.05, 4.69) is 4.90 Å². The number of carbonyl (C=O) groups is 1. The van der Waals surface area contributed by atoms with E-state index in [0.29, 0.717) is 6.54 Å². The van der Waals surface area contributed by atoms with E-state index < -0.39 is 9.84 Å². The minimum atomic E-state index is -3.27. The molecule has 1 aliphatic heterocycles. The average Bonchev–Trinajstić information content (AvgIpc) is 2.92. The van der Waals surface area contributed by atoms with Crippen LogP contribution in [0.4, 0.5) is 0 Å². The van der Waals surface area contributed by atoms with Crippen molar-refractivity contribution >= 4 is 15.7 Å². The van der Waals surface area contributed by atoms with Crippen LogP contribution in [-0.2, 0) is 14.6 Å². The van der Waals surface area contributed by atoms with E-state index in [4.69, 9.17) is 0 Å². The largest absolute Gasteiger partial charge is 0.338 e. The summed E-state index contributed by atoms with van der Waals surface area (Å²) in [6.45, 7) is 1.52. The summed E-state index contributed by atoms with van der Waals surface area (Å²) >= 11 is 0. The van der Waals surface area contributed by atoms with Crippen LogP contribution in [0.2, 0.25) is 0 Å². The number of hydrogen-bond acceptors (Lipinski definition) is 4. The minimum Gasteiger partial charge on any atom is -0.338 e. The van der Waals surface area contributed by atoms with E-state index in [1.54, 1.807) is 0 Å². The molecule has 1 aliphatic carbocycles. The molecule has 1 amide bonds. The van der Waals surface area contributed by atoms with Gasteiger partial charge in [-0.25, -0.2) is 8.42 Å². The summed E-state index contributed by atoms with van der Waals surface area (Å²) in [5.74, 6) is -0.477. The zero-order chi connectivity index (χ0) is 15.5. The second-order valence-corrected chi connectivity index (χ2v) is 8.99. The summed E-state index contributed by atoms with van der Waals surface area (Å²) in [7, 11) is 0.720. The maximum Gasteiger partial charge on any atom is 0.238 e. The van der Waals surface area contributed by atoms with Crippen LogP contribution >= 0.6 is 0 Å². The van der Waals surface area contributed by atoms with Crippen molar-refractivity contribution in [1.82, 2.24) is 9.80 Å². The predicted octanol–water partition coefficient (Wildman–Crippen LogP) is 1.29. The Morgan fingerprint density at radius 2 is 1.71 bits per heavy atom. The molecule has 1 saturated heterocycles. The summed E-state index contributed by atoms with van der Waals surface area (Å²) in [6, 6.07) is 0.167. The molecule has 122 valence electrons. The van der Waals surface area contributed by atoms with Crippen molar-refractivity contribution in [3.63, 3.8) is 0 Å². The number of likely N-dealkylation sites (N-methyl/N-ethyl adjacent to an activating group) is 1. The van der Waals surface area contributed by atoms with Gasteiger partial charge in [0.2, 0.25) is 5.91 Å². The Labute approximate surface area is 128 Å². The molecule has 1 heterocycles. The lowest BCUT2D eigenvalue weighted by atomic mass is 10.0. The van der Waals surface area contributed by atoms with Crippen molar-refractivity contribution in [3.8, 4) is 0 Å². The molecule has 0 unspecified atom stereocenters. The number of likely N-dealkylation sites (tertiary alicyclic amines) is 1. The van der Waals surface area contributed by atoms with Gasteiger partial charge in [0.05, 0.1) is 5.25 Å². The lowest BCUT2D eigenvalue weighted by Crippen LogP contribution is -2.50. The molecule has 1 saturated carbocycles. The predicted molar refractivity (Wildman–Crippen MR) is 83.9 cm³/mol. The van der Waals surface area contributed by atoms with E-state index >= 15 is 0 Å². The van der Waals surface area contributed by atoms with Crippen LogP contribution in [0.1, 0.15) is 44.9 Å². The van der Waals surface area contributed by atoms with Crippen LogP contribution in [-0.4, -0.2) is 68.4 Å². The van der Waals surface area contributed by atoms with Gasteiger partial charge in [0.25, 0.3) is 0 Å². The molecule has 1 atom stereocenters. The molecular weight excluding hydrogens is 288 g/mol. The topological polar surface area (TPSA) is 57.7 Å². The fraction of sp³-hybridized carbons (Fsp3) is 0.933. The Hall–Kier alpha value is -0.620. The highest BCUT2D eigenvalue weighted by Gasteiger charge is 2.34. The van der Waals surface area contributed by atoms with Gasteiger partial charge in [-0.3, -0.25) is 4.79 Å². The van der Waals surface area contributed by atoms with Crippen LogP contribution in [0.15, 0.2) is 0 Å². The molecule has 21 heavy (non-hydrogen) atoms. The highest BCUT2D eigenvalue weighted by molar-refractivity contribution is 7.92. The summed E-state index contributed by atoms with van der Waals surface area (Å²) < 4.78 is 24.7. The third-order valence-electron chi connectivity index (χ3n) is 4.66. The maximum absolute atomic E-state index is 12.5. The van der Waals surface area contributed by atoms with Gasteiger partial charge in [-0.15, -0.1) is 0 Å². The molecule has 0 spiro atoms. The second kappa shape index (κ2) is 7.09. The van der Waals surface area contributed by atoms with Crippen LogP contribution in [0.5, 0.6) is 0 Å². The highest BCUT2D eigenvalue weighted by atomic mass is 32.2. The summed E-state index contributed by atoms with van der Waals surface area (Å²) in [6.07, 6.45) is 6.51. The second-order valence-electron chi connectivity index (χ2n) is 6.71. The van der Waals surface area contributed by atoms with Gasteiger partial charge in [0.1, 0.15) is 5.75 Å². The Morgan fingerprint density at radius 1 is 1.10 bits per heavy atom. The molecular formula is C15H28N2O3S. The molecule has 2 aliphatic rings. The van der Waals surface area contributed by atoms with E-state index in [-0.39, 0.29) is 23.0 Å². The summed E-state index contributed by atoms with van der Waals surface area (Å²) in [5, 5.41) is -0.279. The number of amides is 1. The van der Waals surface area contributed by atoms with Gasteiger partial charge in [0.15, 0.2) is 9.84 Å². The quantitative estimate of drug-likeness (QED) is 0.767. The first-order valence-corrected chi connectivity index (χ1v) is 9.77. The van der Waals surface area contributed by atoms with Crippen molar-refractivity contribution in [2.75, 3.05) is 32.9 Å². The third-order valence-corrected chi connectivity index (χ3v) is 6.79. The minimum absolute atomic E-state index is 0.167. The zero-order valence-corrected chi connectivity index (χ0v) is 14.1. The number of carbonyl (C=O) groups excluding carboxylic acids is 1. The van der Waals surface area contributed by atoms with Gasteiger partial charge in [-0.05, 0) is 46.2 Å². The van der Waals surface area contributed by atoms with Gasteiger partial charge < -0.3 is 9.80 Å². The van der Waals surface area contributed by atoms with E-state index in [1.165, 1.54) is 0 Å². The fourth-order valence-corrected chi connectivity index (χ4v) is 5.36. The normalized spacial score (nSPS) is 24.7. The van der Waals surface area contributed by atoms with Crippen molar-refractivity contribution in [2.24, 2.45) is 0 Å². The highest BCUT2D eigenvalue weighted by Crippen LogP contribution is 2.26. The molecule has 0 bridgehead atoms. The summed E-state index contributed by atoms with van der Waals surface area (Å²) in [4.78, 5) is 16.4. The zero-order valence-electron chi connectivity index (χ0n) is 13.3. The van der Waals surface area contributed by atoms with Crippen molar-refractivity contribution in [1.29, 1.82) is 0 Å². The van der Waals surface area contributed by atoms with E-state index in [0.717, 1.165) is 51.5 Å². The standard InChI is InChI=1S/C15H28N2O3S/c1-16(2)11-13-7-5-6-10-17(13)15(18)12-21(19,20)14-8-3-4-9-14/h13-14H,3-12H2,1-2H3/t13-/m1/s1. The van der Waals surface area contributed by atoms with Crippen molar-refractivity contribution in [3.05, 3.63) is 0 Å². The molecule has 0 N–H and O–H groups in total. The lowest BCUT2D eigenvalue weighted by Gasteiger charge is -2.37. The number of hydrogen-bond donors (Lipinski definition) is 0. The van der Waals surface area contributed by atoms with Gasteiger partial charge in [0, 0.05) is 19.1 Å². The monoisotopic (exact) mass is 316 g/mol. The summed E-state index contributed by atoms with van der Waals surface area (Å²) in [5.41, 5.74) is 0. The SMILES string of the molecule is CN(C)C[C@H]1CCCCN1C(=O)CS(=O)(=O)C1CCCC1. The van der Waals surface area contributed by atoms with Gasteiger partial charge in [-0.2, -0.15) is 0 Å².